The van der Waals surface area contributed by atoms with E-state index >= 15 is 0 Å². The Hall–Kier alpha value is -1.67. The van der Waals surface area contributed by atoms with E-state index in [9.17, 15) is 14.7 Å². The molecule has 0 aromatic carbocycles. The van der Waals surface area contributed by atoms with Crippen molar-refractivity contribution in [3.05, 3.63) is 16.1 Å². The van der Waals surface area contributed by atoms with Gasteiger partial charge in [-0.15, -0.1) is 11.3 Å². The number of aliphatic hydroxyl groups is 1. The van der Waals surface area contributed by atoms with E-state index in [-0.39, 0.29) is 24.7 Å². The van der Waals surface area contributed by atoms with Crippen molar-refractivity contribution in [3.63, 3.8) is 0 Å². The monoisotopic (exact) mass is 400 g/mol. The predicted octanol–water partition coefficient (Wildman–Crippen LogP) is 3.91. The third kappa shape index (κ3) is 7.46. The van der Waals surface area contributed by atoms with E-state index in [0.717, 1.165) is 0 Å². The van der Waals surface area contributed by atoms with Gasteiger partial charge in [-0.2, -0.15) is 0 Å². The Labute approximate surface area is 165 Å². The van der Waals surface area contributed by atoms with Gasteiger partial charge in [-0.1, -0.05) is 13.8 Å². The summed E-state index contributed by atoms with van der Waals surface area (Å²) < 4.78 is 11.0. The molecule has 1 aromatic rings. The second kappa shape index (κ2) is 10.0. The zero-order valence-corrected chi connectivity index (χ0v) is 18.1. The third-order valence-electron chi connectivity index (χ3n) is 3.91. The maximum absolute atomic E-state index is 12.7. The van der Waals surface area contributed by atoms with Crippen LogP contribution in [0.25, 0.3) is 0 Å². The second-order valence-electron chi connectivity index (χ2n) is 7.75. The molecule has 2 unspecified atom stereocenters. The maximum Gasteiger partial charge on any atom is 0.410 e. The minimum Gasteiger partial charge on any atom is -0.455 e. The highest BCUT2D eigenvalue weighted by Crippen LogP contribution is 2.31. The van der Waals surface area contributed by atoms with Crippen LogP contribution in [-0.4, -0.2) is 45.2 Å². The maximum atomic E-state index is 12.7. The second-order valence-corrected chi connectivity index (χ2v) is 8.64. The number of esters is 1. The van der Waals surface area contributed by atoms with Crippen LogP contribution < -0.4 is 0 Å². The Morgan fingerprint density at radius 1 is 1.33 bits per heavy atom. The van der Waals surface area contributed by atoms with Crippen molar-refractivity contribution in [2.75, 3.05) is 6.54 Å². The number of hydrogen-bond donors (Lipinski definition) is 1. The molecule has 1 amide bonds. The molecule has 0 radical (unpaired) electrons. The predicted molar refractivity (Wildman–Crippen MR) is 104 cm³/mol. The molecule has 27 heavy (non-hydrogen) atoms. The molecule has 1 N–H and O–H groups in total. The topological polar surface area (TPSA) is 89.0 Å². The number of aliphatic hydroxyl groups excluding tert-OH is 1. The minimum absolute atomic E-state index is 0.118. The van der Waals surface area contributed by atoms with Crippen molar-refractivity contribution in [1.29, 1.82) is 0 Å². The van der Waals surface area contributed by atoms with Gasteiger partial charge in [0.15, 0.2) is 6.10 Å². The van der Waals surface area contributed by atoms with Crippen LogP contribution in [0, 0.1) is 5.92 Å². The quantitative estimate of drug-likeness (QED) is 0.666. The highest BCUT2D eigenvalue weighted by atomic mass is 32.1. The molecule has 8 heteroatoms. The molecular formula is C19H32N2O5S. The van der Waals surface area contributed by atoms with E-state index in [0.29, 0.717) is 23.7 Å². The zero-order chi connectivity index (χ0) is 20.8. The normalized spacial score (nSPS) is 14.0. The summed E-state index contributed by atoms with van der Waals surface area (Å²) >= 11 is 1.33. The summed E-state index contributed by atoms with van der Waals surface area (Å²) in [7, 11) is 0. The average molecular weight is 401 g/mol. The van der Waals surface area contributed by atoms with Crippen molar-refractivity contribution < 1.29 is 24.2 Å². The number of carbonyl (C=O) groups is 2. The van der Waals surface area contributed by atoms with Gasteiger partial charge in [-0.3, -0.25) is 4.79 Å². The standard InChI is InChI=1S/C19H32N2O5S/c1-8-21(18(24)26-19(5,6)7)15(12(2)3)9-16(25-13(4)23)17-20-14(10-22)11-27-17/h11-12,15-16,22H,8-10H2,1-7H3. The third-order valence-corrected chi connectivity index (χ3v) is 4.89. The smallest absolute Gasteiger partial charge is 0.410 e. The lowest BCUT2D eigenvalue weighted by Crippen LogP contribution is -2.46. The Balaban J connectivity index is 3.10. The summed E-state index contributed by atoms with van der Waals surface area (Å²) in [6, 6.07) is -0.198. The van der Waals surface area contributed by atoms with Gasteiger partial charge < -0.3 is 19.5 Å². The van der Waals surface area contributed by atoms with Crippen LogP contribution >= 0.6 is 11.3 Å². The first-order chi connectivity index (χ1) is 12.5. The van der Waals surface area contributed by atoms with Gasteiger partial charge in [0.1, 0.15) is 10.6 Å². The summed E-state index contributed by atoms with van der Waals surface area (Å²) in [5.41, 5.74) is -0.0557. The molecule has 7 nitrogen and oxygen atoms in total. The molecule has 154 valence electrons. The number of ether oxygens (including phenoxy) is 2. The van der Waals surface area contributed by atoms with E-state index in [1.165, 1.54) is 18.3 Å². The Morgan fingerprint density at radius 3 is 2.37 bits per heavy atom. The Bertz CT molecular complexity index is 624. The van der Waals surface area contributed by atoms with Crippen LogP contribution in [0.3, 0.4) is 0 Å². The van der Waals surface area contributed by atoms with Gasteiger partial charge in [-0.05, 0) is 33.6 Å². The molecular weight excluding hydrogens is 368 g/mol. The molecule has 1 aromatic heterocycles. The van der Waals surface area contributed by atoms with Crippen molar-refractivity contribution in [2.45, 2.75) is 79.2 Å². The molecule has 0 bridgehead atoms. The van der Waals surface area contributed by atoms with Crippen molar-refractivity contribution in [2.24, 2.45) is 5.92 Å². The van der Waals surface area contributed by atoms with Gasteiger partial charge in [0, 0.05) is 31.3 Å². The summed E-state index contributed by atoms with van der Waals surface area (Å²) in [4.78, 5) is 30.3. The number of carbonyl (C=O) groups excluding carboxylic acids is 2. The van der Waals surface area contributed by atoms with Crippen LogP contribution in [0.15, 0.2) is 5.38 Å². The Kier molecular flexibility index (Phi) is 8.68. The number of amides is 1. The van der Waals surface area contributed by atoms with Gasteiger partial charge in [0.25, 0.3) is 0 Å². The number of aromatic nitrogens is 1. The SMILES string of the molecule is CCN(C(=O)OC(C)(C)C)C(CC(OC(C)=O)c1nc(CO)cs1)C(C)C. The van der Waals surface area contributed by atoms with Crippen LogP contribution in [0.4, 0.5) is 4.79 Å². The molecule has 0 fully saturated rings. The highest BCUT2D eigenvalue weighted by Gasteiger charge is 2.33. The summed E-state index contributed by atoms with van der Waals surface area (Å²) in [5, 5.41) is 11.6. The number of rotatable bonds is 8. The molecule has 2 atom stereocenters. The van der Waals surface area contributed by atoms with Gasteiger partial charge in [0.2, 0.25) is 0 Å². The Morgan fingerprint density at radius 2 is 1.96 bits per heavy atom. The van der Waals surface area contributed by atoms with E-state index in [1.807, 2.05) is 41.5 Å². The molecule has 0 aliphatic heterocycles. The molecule has 0 aliphatic carbocycles. The van der Waals surface area contributed by atoms with Crippen LogP contribution in [0.1, 0.15) is 71.7 Å². The number of nitrogens with zero attached hydrogens (tertiary/aromatic N) is 2. The van der Waals surface area contributed by atoms with Crippen LogP contribution in [-0.2, 0) is 20.9 Å². The van der Waals surface area contributed by atoms with Gasteiger partial charge >= 0.3 is 12.1 Å². The highest BCUT2D eigenvalue weighted by molar-refractivity contribution is 7.09. The van der Waals surface area contributed by atoms with E-state index in [4.69, 9.17) is 9.47 Å². The summed E-state index contributed by atoms with van der Waals surface area (Å²) in [6.45, 7) is 13.1. The van der Waals surface area contributed by atoms with Crippen LogP contribution in [0.5, 0.6) is 0 Å². The lowest BCUT2D eigenvalue weighted by molar-refractivity contribution is -0.147. The van der Waals surface area contributed by atoms with Gasteiger partial charge in [-0.25, -0.2) is 9.78 Å². The average Bonchev–Trinajstić information content (AvgIpc) is 3.00. The molecule has 0 aliphatic rings. The number of hydrogen-bond acceptors (Lipinski definition) is 7. The molecule has 0 saturated carbocycles. The lowest BCUT2D eigenvalue weighted by atomic mass is 9.96. The van der Waals surface area contributed by atoms with E-state index in [2.05, 4.69) is 4.98 Å². The van der Waals surface area contributed by atoms with Crippen molar-refractivity contribution in [3.8, 4) is 0 Å². The largest absolute Gasteiger partial charge is 0.455 e. The zero-order valence-electron chi connectivity index (χ0n) is 17.3. The van der Waals surface area contributed by atoms with Crippen LogP contribution in [0.2, 0.25) is 0 Å². The van der Waals surface area contributed by atoms with E-state index in [1.54, 1.807) is 10.3 Å². The number of thiazole rings is 1. The van der Waals surface area contributed by atoms with Gasteiger partial charge in [0.05, 0.1) is 12.3 Å². The fourth-order valence-electron chi connectivity index (χ4n) is 2.74. The van der Waals surface area contributed by atoms with Crippen molar-refractivity contribution >= 4 is 23.4 Å². The first-order valence-corrected chi connectivity index (χ1v) is 10.1. The fraction of sp³-hybridized carbons (Fsp3) is 0.737. The molecule has 1 heterocycles. The molecule has 0 spiro atoms. The first-order valence-electron chi connectivity index (χ1n) is 9.20. The molecule has 0 saturated heterocycles. The first kappa shape index (κ1) is 23.4. The fourth-order valence-corrected chi connectivity index (χ4v) is 3.59. The summed E-state index contributed by atoms with van der Waals surface area (Å²) in [6.07, 6.45) is -0.569. The minimum atomic E-state index is -0.591. The molecule has 1 rings (SSSR count). The van der Waals surface area contributed by atoms with E-state index < -0.39 is 17.7 Å². The summed E-state index contributed by atoms with van der Waals surface area (Å²) in [5.74, 6) is -0.295. The lowest BCUT2D eigenvalue weighted by Gasteiger charge is -2.36. The van der Waals surface area contributed by atoms with Crippen molar-refractivity contribution in [1.82, 2.24) is 9.88 Å².